The molecule has 0 aromatic heterocycles. The number of rotatable bonds is 6. The Labute approximate surface area is 165 Å². The molecule has 8 nitrogen and oxygen atoms in total. The lowest BCUT2D eigenvalue weighted by Crippen LogP contribution is -2.40. The first-order valence-electron chi connectivity index (χ1n) is 9.72. The molecule has 2 saturated heterocycles. The molecule has 0 saturated carbocycles. The van der Waals surface area contributed by atoms with Crippen molar-refractivity contribution in [2.45, 2.75) is 43.7 Å². The number of anilines is 1. The molecule has 4 unspecified atom stereocenters. The molecule has 1 aromatic carbocycles. The molecule has 2 heterocycles. The zero-order valence-corrected chi connectivity index (χ0v) is 16.4. The number of hydrogen-bond donors (Lipinski definition) is 3. The molecule has 0 aliphatic carbocycles. The monoisotopic (exact) mass is 391 g/mol. The van der Waals surface area contributed by atoms with Crippen LogP contribution in [0.3, 0.4) is 0 Å². The van der Waals surface area contributed by atoms with E-state index >= 15 is 0 Å². The van der Waals surface area contributed by atoms with Gasteiger partial charge in [-0.3, -0.25) is 9.59 Å². The first-order valence-corrected chi connectivity index (χ1v) is 9.72. The lowest BCUT2D eigenvalue weighted by Gasteiger charge is -2.19. The molecule has 0 bridgehead atoms. The standard InChI is InChI=1S/C20H29N3O5/c1-22(2)14-7-5-13(6-8-14)20(27)21-12-16-19(26)18(25)15(28-16)11-17(24)23-9-3-4-10-23/h5-8,15-16,18-19,25-26H,3-4,9-12H2,1-2H3,(H,21,27). The van der Waals surface area contributed by atoms with E-state index in [1.54, 1.807) is 17.0 Å². The van der Waals surface area contributed by atoms with E-state index < -0.39 is 24.4 Å². The van der Waals surface area contributed by atoms with Crippen LogP contribution in [0.2, 0.25) is 0 Å². The highest BCUT2D eigenvalue weighted by atomic mass is 16.5. The van der Waals surface area contributed by atoms with Gasteiger partial charge >= 0.3 is 0 Å². The lowest BCUT2D eigenvalue weighted by molar-refractivity contribution is -0.134. The maximum atomic E-state index is 12.3. The number of hydrogen-bond acceptors (Lipinski definition) is 6. The summed E-state index contributed by atoms with van der Waals surface area (Å²) < 4.78 is 5.68. The van der Waals surface area contributed by atoms with E-state index in [1.807, 2.05) is 31.1 Å². The van der Waals surface area contributed by atoms with Crippen molar-refractivity contribution in [3.8, 4) is 0 Å². The number of aliphatic hydroxyl groups is 2. The summed E-state index contributed by atoms with van der Waals surface area (Å²) in [5.41, 5.74) is 1.49. The first-order chi connectivity index (χ1) is 13.4. The summed E-state index contributed by atoms with van der Waals surface area (Å²) >= 11 is 0. The van der Waals surface area contributed by atoms with Crippen molar-refractivity contribution in [2.75, 3.05) is 38.6 Å². The molecule has 154 valence electrons. The van der Waals surface area contributed by atoms with Gasteiger partial charge in [0.25, 0.3) is 5.91 Å². The van der Waals surface area contributed by atoms with Crippen molar-refractivity contribution in [1.82, 2.24) is 10.2 Å². The van der Waals surface area contributed by atoms with E-state index in [1.165, 1.54) is 0 Å². The molecule has 2 aliphatic rings. The average molecular weight is 391 g/mol. The van der Waals surface area contributed by atoms with Crippen molar-refractivity contribution in [3.63, 3.8) is 0 Å². The second-order valence-electron chi connectivity index (χ2n) is 7.64. The maximum Gasteiger partial charge on any atom is 0.251 e. The summed E-state index contributed by atoms with van der Waals surface area (Å²) in [5, 5.41) is 23.2. The largest absolute Gasteiger partial charge is 0.388 e. The Kier molecular flexibility index (Phi) is 6.53. The summed E-state index contributed by atoms with van der Waals surface area (Å²) in [6, 6.07) is 7.14. The summed E-state index contributed by atoms with van der Waals surface area (Å²) in [4.78, 5) is 28.3. The summed E-state index contributed by atoms with van der Waals surface area (Å²) in [5.74, 6) is -0.355. The fourth-order valence-electron chi connectivity index (χ4n) is 3.64. The molecule has 0 spiro atoms. The van der Waals surface area contributed by atoms with Gasteiger partial charge in [-0.1, -0.05) is 0 Å². The third-order valence-corrected chi connectivity index (χ3v) is 5.41. The Bertz CT molecular complexity index is 688. The summed E-state index contributed by atoms with van der Waals surface area (Å²) in [6.45, 7) is 1.52. The van der Waals surface area contributed by atoms with Crippen LogP contribution >= 0.6 is 0 Å². The second-order valence-corrected chi connectivity index (χ2v) is 7.64. The Hall–Kier alpha value is -2.16. The number of carbonyl (C=O) groups is 2. The van der Waals surface area contributed by atoms with Gasteiger partial charge in [0.05, 0.1) is 12.5 Å². The Balaban J connectivity index is 1.51. The van der Waals surface area contributed by atoms with E-state index in [9.17, 15) is 19.8 Å². The minimum absolute atomic E-state index is 0.0364. The van der Waals surface area contributed by atoms with Gasteiger partial charge in [-0.15, -0.1) is 0 Å². The van der Waals surface area contributed by atoms with E-state index in [-0.39, 0.29) is 24.8 Å². The van der Waals surface area contributed by atoms with Crippen LogP contribution in [0.5, 0.6) is 0 Å². The second kappa shape index (κ2) is 8.89. The van der Waals surface area contributed by atoms with Crippen LogP contribution in [0.15, 0.2) is 24.3 Å². The molecule has 2 amide bonds. The molecule has 1 aromatic rings. The molecule has 2 aliphatic heterocycles. The van der Waals surface area contributed by atoms with Gasteiger partial charge in [0.1, 0.15) is 18.3 Å². The average Bonchev–Trinajstić information content (AvgIpc) is 3.31. The van der Waals surface area contributed by atoms with Crippen LogP contribution in [0.1, 0.15) is 29.6 Å². The quantitative estimate of drug-likeness (QED) is 0.630. The Morgan fingerprint density at radius 2 is 1.71 bits per heavy atom. The fourth-order valence-corrected chi connectivity index (χ4v) is 3.64. The van der Waals surface area contributed by atoms with E-state index in [2.05, 4.69) is 5.32 Å². The van der Waals surface area contributed by atoms with Gasteiger partial charge in [-0.25, -0.2) is 0 Å². The molecule has 2 fully saturated rings. The number of ether oxygens (including phenoxy) is 1. The van der Waals surface area contributed by atoms with Crippen LogP contribution in [-0.4, -0.2) is 85.1 Å². The highest BCUT2D eigenvalue weighted by Gasteiger charge is 2.43. The van der Waals surface area contributed by atoms with Crippen molar-refractivity contribution >= 4 is 17.5 Å². The van der Waals surface area contributed by atoms with Crippen LogP contribution in [0.25, 0.3) is 0 Å². The number of nitrogens with zero attached hydrogens (tertiary/aromatic N) is 2. The minimum Gasteiger partial charge on any atom is -0.388 e. The molecule has 0 radical (unpaired) electrons. The normalized spacial score (nSPS) is 27.1. The van der Waals surface area contributed by atoms with Crippen LogP contribution in [0, 0.1) is 0 Å². The van der Waals surface area contributed by atoms with Crippen molar-refractivity contribution in [3.05, 3.63) is 29.8 Å². The summed E-state index contributed by atoms with van der Waals surface area (Å²) in [7, 11) is 3.84. The van der Waals surface area contributed by atoms with Crippen molar-refractivity contribution in [2.24, 2.45) is 0 Å². The number of aliphatic hydroxyl groups excluding tert-OH is 2. The maximum absolute atomic E-state index is 12.3. The number of amides is 2. The van der Waals surface area contributed by atoms with Crippen LogP contribution in [0.4, 0.5) is 5.69 Å². The summed E-state index contributed by atoms with van der Waals surface area (Å²) in [6.07, 6.45) is -1.78. The third kappa shape index (κ3) is 4.63. The zero-order valence-electron chi connectivity index (χ0n) is 16.4. The van der Waals surface area contributed by atoms with Crippen LogP contribution in [-0.2, 0) is 9.53 Å². The van der Waals surface area contributed by atoms with Gasteiger partial charge in [0, 0.05) is 45.0 Å². The molecular weight excluding hydrogens is 362 g/mol. The topological polar surface area (TPSA) is 102 Å². The molecule has 8 heteroatoms. The molecule has 3 N–H and O–H groups in total. The van der Waals surface area contributed by atoms with E-state index in [4.69, 9.17) is 4.74 Å². The number of carbonyl (C=O) groups excluding carboxylic acids is 2. The smallest absolute Gasteiger partial charge is 0.251 e. The van der Waals surface area contributed by atoms with E-state index in [0.29, 0.717) is 5.56 Å². The zero-order chi connectivity index (χ0) is 20.3. The lowest BCUT2D eigenvalue weighted by atomic mass is 10.0. The van der Waals surface area contributed by atoms with Gasteiger partial charge in [0.2, 0.25) is 5.91 Å². The number of nitrogens with one attached hydrogen (secondary N) is 1. The number of benzene rings is 1. The van der Waals surface area contributed by atoms with Gasteiger partial charge < -0.3 is 30.1 Å². The fraction of sp³-hybridized carbons (Fsp3) is 0.600. The van der Waals surface area contributed by atoms with Crippen LogP contribution < -0.4 is 10.2 Å². The number of likely N-dealkylation sites (tertiary alicyclic amines) is 1. The van der Waals surface area contributed by atoms with Gasteiger partial charge in [0.15, 0.2) is 0 Å². The van der Waals surface area contributed by atoms with E-state index in [0.717, 1.165) is 31.6 Å². The third-order valence-electron chi connectivity index (χ3n) is 5.41. The minimum atomic E-state index is -1.15. The predicted octanol–water partition coefficient (Wildman–Crippen LogP) is -0.0159. The van der Waals surface area contributed by atoms with Crippen molar-refractivity contribution in [1.29, 1.82) is 0 Å². The molecule has 28 heavy (non-hydrogen) atoms. The first kappa shape index (κ1) is 20.6. The Morgan fingerprint density at radius 3 is 2.32 bits per heavy atom. The highest BCUT2D eigenvalue weighted by Crippen LogP contribution is 2.25. The highest BCUT2D eigenvalue weighted by molar-refractivity contribution is 5.94. The van der Waals surface area contributed by atoms with Gasteiger partial charge in [-0.05, 0) is 37.1 Å². The Morgan fingerprint density at radius 1 is 1.11 bits per heavy atom. The van der Waals surface area contributed by atoms with Crippen molar-refractivity contribution < 1.29 is 24.5 Å². The molecule has 3 rings (SSSR count). The predicted molar refractivity (Wildman–Crippen MR) is 104 cm³/mol. The molecule has 4 atom stereocenters. The van der Waals surface area contributed by atoms with Gasteiger partial charge in [-0.2, -0.15) is 0 Å². The molecular formula is C20H29N3O5. The SMILES string of the molecule is CN(C)c1ccc(C(=O)NCC2OC(CC(=O)N3CCCC3)C(O)C2O)cc1.